The van der Waals surface area contributed by atoms with Gasteiger partial charge in [-0.25, -0.2) is 4.98 Å². The molecule has 0 saturated heterocycles. The van der Waals surface area contributed by atoms with Gasteiger partial charge >= 0.3 is 0 Å². The van der Waals surface area contributed by atoms with Crippen LogP contribution in [0.4, 0.5) is 0 Å². The average molecular weight is 214 g/mol. The Labute approximate surface area is 89.2 Å². The van der Waals surface area contributed by atoms with Crippen molar-refractivity contribution < 1.29 is 5.11 Å². The Morgan fingerprint density at radius 2 is 2.29 bits per heavy atom. The minimum Gasteiger partial charge on any atom is -0.394 e. The van der Waals surface area contributed by atoms with Gasteiger partial charge in [0.2, 0.25) is 0 Å². The fourth-order valence-corrected chi connectivity index (χ4v) is 1.72. The summed E-state index contributed by atoms with van der Waals surface area (Å²) in [5, 5.41) is 15.5. The van der Waals surface area contributed by atoms with Crippen molar-refractivity contribution in [2.75, 3.05) is 6.61 Å². The van der Waals surface area contributed by atoms with E-state index in [1.165, 1.54) is 5.01 Å². The van der Waals surface area contributed by atoms with Gasteiger partial charge in [0, 0.05) is 17.5 Å². The molecule has 1 aromatic rings. The predicted molar refractivity (Wildman–Crippen MR) is 59.5 cm³/mol. The lowest BCUT2D eigenvalue weighted by molar-refractivity contribution is 0.187. The first-order valence-corrected chi connectivity index (χ1v) is 5.74. The zero-order chi connectivity index (χ0) is 10.6. The normalized spacial score (nSPS) is 12.0. The van der Waals surface area contributed by atoms with Crippen LogP contribution in [0.5, 0.6) is 0 Å². The van der Waals surface area contributed by atoms with Crippen molar-refractivity contribution in [1.29, 1.82) is 0 Å². The van der Waals surface area contributed by atoms with Crippen molar-refractivity contribution in [3.8, 4) is 0 Å². The number of hydrogen-bond acceptors (Lipinski definition) is 4. The Bertz CT molecular complexity index is 283. The van der Waals surface area contributed by atoms with Crippen LogP contribution in [-0.2, 0) is 13.0 Å². The van der Waals surface area contributed by atoms with E-state index in [0.717, 1.165) is 18.7 Å². The van der Waals surface area contributed by atoms with Gasteiger partial charge in [-0.1, -0.05) is 6.92 Å². The van der Waals surface area contributed by atoms with Gasteiger partial charge in [-0.3, -0.25) is 0 Å². The Balaban J connectivity index is 2.45. The van der Waals surface area contributed by atoms with Gasteiger partial charge in [0.1, 0.15) is 0 Å². The molecule has 14 heavy (non-hydrogen) atoms. The van der Waals surface area contributed by atoms with Crippen molar-refractivity contribution in [2.24, 2.45) is 0 Å². The van der Waals surface area contributed by atoms with Crippen LogP contribution in [0, 0.1) is 0 Å². The minimum atomic E-state index is -0.226. The number of aryl methyl sites for hydroxylation is 1. The molecule has 0 aliphatic heterocycles. The molecule has 0 bridgehead atoms. The van der Waals surface area contributed by atoms with E-state index in [1.807, 2.05) is 13.8 Å². The van der Waals surface area contributed by atoms with Crippen LogP contribution < -0.4 is 5.32 Å². The van der Waals surface area contributed by atoms with Gasteiger partial charge in [-0.05, 0) is 20.3 Å². The Hall–Kier alpha value is -0.450. The van der Waals surface area contributed by atoms with E-state index < -0.39 is 0 Å². The largest absolute Gasteiger partial charge is 0.394 e. The van der Waals surface area contributed by atoms with E-state index in [1.54, 1.807) is 11.3 Å². The van der Waals surface area contributed by atoms with Gasteiger partial charge in [0.25, 0.3) is 0 Å². The van der Waals surface area contributed by atoms with Crippen molar-refractivity contribution in [1.82, 2.24) is 10.3 Å². The van der Waals surface area contributed by atoms with E-state index in [-0.39, 0.29) is 12.1 Å². The molecule has 4 heteroatoms. The maximum absolute atomic E-state index is 9.04. The molecule has 0 aliphatic rings. The Morgan fingerprint density at radius 3 is 2.79 bits per heavy atom. The van der Waals surface area contributed by atoms with Gasteiger partial charge in [-0.2, -0.15) is 0 Å². The summed E-state index contributed by atoms with van der Waals surface area (Å²) in [6.07, 6.45) is 0.994. The Kier molecular flexibility index (Phi) is 4.04. The molecule has 1 rings (SSSR count). The summed E-state index contributed by atoms with van der Waals surface area (Å²) < 4.78 is 0. The zero-order valence-corrected chi connectivity index (χ0v) is 9.82. The molecule has 0 unspecified atom stereocenters. The monoisotopic (exact) mass is 214 g/mol. The first kappa shape index (κ1) is 11.6. The van der Waals surface area contributed by atoms with Crippen LogP contribution in [0.2, 0.25) is 0 Å². The lowest BCUT2D eigenvalue weighted by atomic mass is 10.1. The van der Waals surface area contributed by atoms with Gasteiger partial charge in [-0.15, -0.1) is 11.3 Å². The van der Waals surface area contributed by atoms with E-state index in [4.69, 9.17) is 5.11 Å². The van der Waals surface area contributed by atoms with E-state index in [9.17, 15) is 0 Å². The third-order valence-corrected chi connectivity index (χ3v) is 3.09. The summed E-state index contributed by atoms with van der Waals surface area (Å²) in [5.41, 5.74) is 0.837. The maximum Gasteiger partial charge on any atom is 0.0926 e. The fourth-order valence-electron chi connectivity index (χ4n) is 0.978. The van der Waals surface area contributed by atoms with Crippen LogP contribution >= 0.6 is 11.3 Å². The first-order valence-electron chi connectivity index (χ1n) is 4.86. The highest BCUT2D eigenvalue weighted by atomic mass is 32.1. The number of nitrogens with one attached hydrogen (secondary N) is 1. The SMILES string of the molecule is CCc1nc(CNC(C)(C)CO)cs1. The van der Waals surface area contributed by atoms with Crippen molar-refractivity contribution >= 4 is 11.3 Å². The number of aromatic nitrogens is 1. The molecule has 0 amide bonds. The third-order valence-electron chi connectivity index (χ3n) is 2.05. The van der Waals surface area contributed by atoms with E-state index in [0.29, 0.717) is 0 Å². The van der Waals surface area contributed by atoms with Gasteiger partial charge in [0.05, 0.1) is 17.3 Å². The molecule has 0 saturated carbocycles. The summed E-state index contributed by atoms with van der Waals surface area (Å²) in [5.74, 6) is 0. The number of nitrogens with zero attached hydrogens (tertiary/aromatic N) is 1. The van der Waals surface area contributed by atoms with Crippen LogP contribution in [0.15, 0.2) is 5.38 Å². The third kappa shape index (κ3) is 3.36. The molecule has 2 N–H and O–H groups in total. The van der Waals surface area contributed by atoms with Crippen LogP contribution in [-0.4, -0.2) is 22.2 Å². The topological polar surface area (TPSA) is 45.2 Å². The van der Waals surface area contributed by atoms with Crippen LogP contribution in [0.1, 0.15) is 31.5 Å². The second kappa shape index (κ2) is 4.87. The number of aliphatic hydroxyl groups is 1. The minimum absolute atomic E-state index is 0.137. The van der Waals surface area contributed by atoms with Crippen molar-refractivity contribution in [3.63, 3.8) is 0 Å². The first-order chi connectivity index (χ1) is 6.57. The Morgan fingerprint density at radius 1 is 1.57 bits per heavy atom. The molecule has 0 radical (unpaired) electrons. The quantitative estimate of drug-likeness (QED) is 0.782. The summed E-state index contributed by atoms with van der Waals surface area (Å²) in [6, 6.07) is 0. The number of rotatable bonds is 5. The molecule has 1 aromatic heterocycles. The van der Waals surface area contributed by atoms with E-state index >= 15 is 0 Å². The average Bonchev–Trinajstić information content (AvgIpc) is 2.63. The standard InChI is InChI=1S/C10H18N2OS/c1-4-9-12-8(6-14-9)5-11-10(2,3)7-13/h6,11,13H,4-5,7H2,1-3H3. The van der Waals surface area contributed by atoms with Crippen molar-refractivity contribution in [3.05, 3.63) is 16.1 Å². The molecule has 0 atom stereocenters. The van der Waals surface area contributed by atoms with Gasteiger partial charge in [0.15, 0.2) is 0 Å². The van der Waals surface area contributed by atoms with Crippen molar-refractivity contribution in [2.45, 2.75) is 39.3 Å². The summed E-state index contributed by atoms with van der Waals surface area (Å²) in [4.78, 5) is 4.44. The zero-order valence-electron chi connectivity index (χ0n) is 9.00. The second-order valence-corrected chi connectivity index (χ2v) is 4.92. The molecule has 0 aromatic carbocycles. The summed E-state index contributed by atoms with van der Waals surface area (Å²) in [7, 11) is 0. The van der Waals surface area contributed by atoms with Crippen LogP contribution in [0.3, 0.4) is 0 Å². The number of thiazole rings is 1. The maximum atomic E-state index is 9.04. The number of hydrogen-bond donors (Lipinski definition) is 2. The highest BCUT2D eigenvalue weighted by Gasteiger charge is 2.15. The smallest absolute Gasteiger partial charge is 0.0926 e. The molecule has 0 fully saturated rings. The van der Waals surface area contributed by atoms with E-state index in [2.05, 4.69) is 22.6 Å². The number of aliphatic hydroxyl groups excluding tert-OH is 1. The second-order valence-electron chi connectivity index (χ2n) is 3.98. The van der Waals surface area contributed by atoms with Gasteiger partial charge < -0.3 is 10.4 Å². The molecule has 0 aliphatic carbocycles. The lowest BCUT2D eigenvalue weighted by Gasteiger charge is -2.22. The molecular formula is C10H18N2OS. The molecule has 1 heterocycles. The summed E-state index contributed by atoms with van der Waals surface area (Å²) >= 11 is 1.69. The van der Waals surface area contributed by atoms with Crippen LogP contribution in [0.25, 0.3) is 0 Å². The predicted octanol–water partition coefficient (Wildman–Crippen LogP) is 1.57. The fraction of sp³-hybridized carbons (Fsp3) is 0.700. The highest BCUT2D eigenvalue weighted by Crippen LogP contribution is 2.11. The lowest BCUT2D eigenvalue weighted by Crippen LogP contribution is -2.42. The summed E-state index contributed by atoms with van der Waals surface area (Å²) in [6.45, 7) is 6.91. The molecular weight excluding hydrogens is 196 g/mol. The molecule has 0 spiro atoms. The molecule has 3 nitrogen and oxygen atoms in total. The highest BCUT2D eigenvalue weighted by molar-refractivity contribution is 7.09. The molecule has 80 valence electrons.